The van der Waals surface area contributed by atoms with Crippen molar-refractivity contribution in [1.29, 1.82) is 0 Å². The van der Waals surface area contributed by atoms with E-state index < -0.39 is 5.97 Å². The second kappa shape index (κ2) is 6.76. The van der Waals surface area contributed by atoms with Gasteiger partial charge < -0.3 is 19.9 Å². The Balaban J connectivity index is 1.89. The lowest BCUT2D eigenvalue weighted by Crippen LogP contribution is -2.20. The fourth-order valence-electron chi connectivity index (χ4n) is 1.58. The number of amides is 1. The fourth-order valence-corrected chi connectivity index (χ4v) is 2.25. The zero-order valence-electron chi connectivity index (χ0n) is 11.2. The molecule has 7 heteroatoms. The number of hydrogen-bond donors (Lipinski definition) is 2. The molecule has 0 aliphatic heterocycles. The molecule has 21 heavy (non-hydrogen) atoms. The van der Waals surface area contributed by atoms with Crippen LogP contribution in [0.5, 0.6) is 11.5 Å². The first kappa shape index (κ1) is 14.9. The van der Waals surface area contributed by atoms with Gasteiger partial charge in [0.2, 0.25) is 0 Å². The molecule has 0 fully saturated rings. The third-order valence-electron chi connectivity index (χ3n) is 2.56. The van der Waals surface area contributed by atoms with Crippen molar-refractivity contribution in [3.05, 3.63) is 40.6 Å². The molecule has 0 atom stereocenters. The summed E-state index contributed by atoms with van der Waals surface area (Å²) in [5, 5.41) is 13.2. The highest BCUT2D eigenvalue weighted by Gasteiger charge is 2.14. The molecule has 0 saturated heterocycles. The number of nitrogens with one attached hydrogen (secondary N) is 1. The lowest BCUT2D eigenvalue weighted by Gasteiger charge is -2.07. The summed E-state index contributed by atoms with van der Waals surface area (Å²) in [6.07, 6.45) is 0. The number of methoxy groups -OCH3 is 1. The molecule has 0 bridgehead atoms. The number of carboxylic acid groups (broad SMARTS) is 1. The van der Waals surface area contributed by atoms with E-state index in [4.69, 9.17) is 14.6 Å². The number of hydrogen-bond acceptors (Lipinski definition) is 5. The Morgan fingerprint density at radius 3 is 2.57 bits per heavy atom. The van der Waals surface area contributed by atoms with Crippen molar-refractivity contribution >= 4 is 28.9 Å². The van der Waals surface area contributed by atoms with Crippen LogP contribution >= 0.6 is 11.3 Å². The van der Waals surface area contributed by atoms with Gasteiger partial charge in [0.1, 0.15) is 11.5 Å². The number of carbonyl (C=O) groups excluding carboxylic acids is 1. The Morgan fingerprint density at radius 1 is 1.24 bits per heavy atom. The van der Waals surface area contributed by atoms with Gasteiger partial charge in [-0.25, -0.2) is 4.79 Å². The molecular formula is C14H13NO5S. The SMILES string of the molecule is COc1ccc(NC(=O)COc2ccsc2C(=O)O)cc1. The van der Waals surface area contributed by atoms with E-state index in [2.05, 4.69) is 5.32 Å². The van der Waals surface area contributed by atoms with Gasteiger partial charge in [0.05, 0.1) is 7.11 Å². The Labute approximate surface area is 124 Å². The van der Waals surface area contributed by atoms with Gasteiger partial charge in [0.25, 0.3) is 5.91 Å². The normalized spacial score (nSPS) is 9.95. The summed E-state index contributed by atoms with van der Waals surface area (Å²) in [4.78, 5) is 22.7. The molecule has 2 aromatic rings. The van der Waals surface area contributed by atoms with E-state index in [1.54, 1.807) is 36.8 Å². The van der Waals surface area contributed by atoms with Gasteiger partial charge in [-0.1, -0.05) is 0 Å². The van der Waals surface area contributed by atoms with E-state index in [0.717, 1.165) is 11.3 Å². The second-order valence-electron chi connectivity index (χ2n) is 3.98. The number of rotatable bonds is 6. The van der Waals surface area contributed by atoms with E-state index in [0.29, 0.717) is 11.4 Å². The Morgan fingerprint density at radius 2 is 1.95 bits per heavy atom. The van der Waals surface area contributed by atoms with Crippen LogP contribution in [0.2, 0.25) is 0 Å². The van der Waals surface area contributed by atoms with Crippen LogP contribution in [0.4, 0.5) is 5.69 Å². The summed E-state index contributed by atoms with van der Waals surface area (Å²) in [6.45, 7) is -0.261. The standard InChI is InChI=1S/C14H13NO5S/c1-19-10-4-2-9(3-5-10)15-12(16)8-20-11-6-7-21-13(11)14(17)18/h2-7H,8H2,1H3,(H,15,16)(H,17,18). The second-order valence-corrected chi connectivity index (χ2v) is 4.90. The van der Waals surface area contributed by atoms with Gasteiger partial charge in [-0.3, -0.25) is 4.79 Å². The van der Waals surface area contributed by atoms with Crippen LogP contribution < -0.4 is 14.8 Å². The van der Waals surface area contributed by atoms with Crippen LogP contribution in [0, 0.1) is 0 Å². The van der Waals surface area contributed by atoms with Crippen molar-refractivity contribution in [2.24, 2.45) is 0 Å². The summed E-state index contributed by atoms with van der Waals surface area (Å²) in [7, 11) is 1.56. The maximum atomic E-state index is 11.7. The van der Waals surface area contributed by atoms with Crippen LogP contribution in [0.25, 0.3) is 0 Å². The maximum absolute atomic E-state index is 11.7. The first-order chi connectivity index (χ1) is 10.1. The predicted molar refractivity (Wildman–Crippen MR) is 78.4 cm³/mol. The van der Waals surface area contributed by atoms with Crippen molar-refractivity contribution in [1.82, 2.24) is 0 Å². The third kappa shape index (κ3) is 3.96. The first-order valence-electron chi connectivity index (χ1n) is 5.97. The van der Waals surface area contributed by atoms with Crippen molar-refractivity contribution in [2.75, 3.05) is 19.0 Å². The Hall–Kier alpha value is -2.54. The molecule has 1 aromatic carbocycles. The minimum Gasteiger partial charge on any atom is -0.497 e. The Bertz CT molecular complexity index is 635. The molecule has 0 aliphatic carbocycles. The molecule has 2 rings (SSSR count). The quantitative estimate of drug-likeness (QED) is 0.856. The largest absolute Gasteiger partial charge is 0.497 e. The van der Waals surface area contributed by atoms with E-state index in [1.165, 1.54) is 6.07 Å². The van der Waals surface area contributed by atoms with Gasteiger partial charge in [0.15, 0.2) is 11.5 Å². The van der Waals surface area contributed by atoms with Gasteiger partial charge in [-0.05, 0) is 35.7 Å². The van der Waals surface area contributed by atoms with Crippen molar-refractivity contribution in [2.45, 2.75) is 0 Å². The first-order valence-corrected chi connectivity index (χ1v) is 6.85. The molecule has 0 radical (unpaired) electrons. The topological polar surface area (TPSA) is 84.9 Å². The third-order valence-corrected chi connectivity index (χ3v) is 3.44. The van der Waals surface area contributed by atoms with Crippen molar-refractivity contribution < 1.29 is 24.2 Å². The number of ether oxygens (including phenoxy) is 2. The van der Waals surface area contributed by atoms with Crippen molar-refractivity contribution in [3.8, 4) is 11.5 Å². The van der Waals surface area contributed by atoms with Gasteiger partial charge >= 0.3 is 5.97 Å². The fraction of sp³-hybridized carbons (Fsp3) is 0.143. The lowest BCUT2D eigenvalue weighted by molar-refractivity contribution is -0.118. The minimum absolute atomic E-state index is 0.0762. The molecule has 110 valence electrons. The highest BCUT2D eigenvalue weighted by molar-refractivity contribution is 7.12. The molecular weight excluding hydrogens is 294 g/mol. The average molecular weight is 307 g/mol. The predicted octanol–water partition coefficient (Wildman–Crippen LogP) is 2.47. The molecule has 6 nitrogen and oxygen atoms in total. The van der Waals surface area contributed by atoms with E-state index in [9.17, 15) is 9.59 Å². The minimum atomic E-state index is -1.07. The number of carboxylic acids is 1. The number of thiophene rings is 1. The summed E-state index contributed by atoms with van der Waals surface area (Å²) in [5.41, 5.74) is 0.605. The smallest absolute Gasteiger partial charge is 0.349 e. The maximum Gasteiger partial charge on any atom is 0.349 e. The number of carbonyl (C=O) groups is 2. The molecule has 2 N–H and O–H groups in total. The molecule has 1 amide bonds. The average Bonchev–Trinajstić information content (AvgIpc) is 2.94. The molecule has 1 heterocycles. The zero-order chi connectivity index (χ0) is 15.2. The highest BCUT2D eigenvalue weighted by Crippen LogP contribution is 2.24. The molecule has 0 unspecified atom stereocenters. The zero-order valence-corrected chi connectivity index (χ0v) is 12.0. The summed E-state index contributed by atoms with van der Waals surface area (Å²) < 4.78 is 10.2. The summed E-state index contributed by atoms with van der Waals surface area (Å²) in [6, 6.07) is 8.36. The van der Waals surface area contributed by atoms with Crippen LogP contribution in [-0.4, -0.2) is 30.7 Å². The lowest BCUT2D eigenvalue weighted by atomic mass is 10.3. The number of anilines is 1. The molecule has 1 aromatic heterocycles. The van der Waals surface area contributed by atoms with E-state index >= 15 is 0 Å². The number of benzene rings is 1. The summed E-state index contributed by atoms with van der Waals surface area (Å²) >= 11 is 1.05. The van der Waals surface area contributed by atoms with Crippen LogP contribution in [-0.2, 0) is 4.79 Å². The van der Waals surface area contributed by atoms with Gasteiger partial charge in [0, 0.05) is 5.69 Å². The highest BCUT2D eigenvalue weighted by atomic mass is 32.1. The van der Waals surface area contributed by atoms with Crippen LogP contribution in [0.1, 0.15) is 9.67 Å². The van der Waals surface area contributed by atoms with Gasteiger partial charge in [-0.2, -0.15) is 0 Å². The molecule has 0 saturated carbocycles. The van der Waals surface area contributed by atoms with Crippen molar-refractivity contribution in [3.63, 3.8) is 0 Å². The summed E-state index contributed by atoms with van der Waals surface area (Å²) in [5.74, 6) is -0.565. The van der Waals surface area contributed by atoms with Crippen LogP contribution in [0.15, 0.2) is 35.7 Å². The van der Waals surface area contributed by atoms with Crippen LogP contribution in [0.3, 0.4) is 0 Å². The monoisotopic (exact) mass is 307 g/mol. The van der Waals surface area contributed by atoms with E-state index in [1.807, 2.05) is 0 Å². The Kier molecular flexibility index (Phi) is 4.78. The number of aromatic carboxylic acids is 1. The molecule has 0 spiro atoms. The van der Waals surface area contributed by atoms with E-state index in [-0.39, 0.29) is 23.1 Å². The van der Waals surface area contributed by atoms with Gasteiger partial charge in [-0.15, -0.1) is 11.3 Å². The molecule has 0 aliphatic rings.